The minimum absolute atomic E-state index is 0.0731. The number of carbonyl (C=O) groups is 1. The molecule has 4 heteroatoms. The fourth-order valence-electron chi connectivity index (χ4n) is 2.43. The van der Waals surface area contributed by atoms with Crippen LogP contribution in [-0.2, 0) is 11.3 Å². The van der Waals surface area contributed by atoms with Crippen molar-refractivity contribution in [1.29, 1.82) is 0 Å². The number of amides is 1. The van der Waals surface area contributed by atoms with Gasteiger partial charge in [-0.25, -0.2) is 0 Å². The Hall–Kier alpha value is -1.55. The minimum Gasteiger partial charge on any atom is -0.378 e. The van der Waals surface area contributed by atoms with E-state index in [1.54, 1.807) is 4.90 Å². The topological polar surface area (TPSA) is 49.6 Å². The number of hydrogen-bond acceptors (Lipinski definition) is 3. The quantitative estimate of drug-likeness (QED) is 0.839. The number of carbonyl (C=O) groups excluding carboxylic acids is 1. The van der Waals surface area contributed by atoms with Gasteiger partial charge in [-0.05, 0) is 30.0 Å². The maximum Gasteiger partial charge on any atom is 0.227 e. The van der Waals surface area contributed by atoms with Gasteiger partial charge in [-0.1, -0.05) is 26.0 Å². The first-order chi connectivity index (χ1) is 9.85. The Morgan fingerprint density at radius 2 is 1.71 bits per heavy atom. The molecule has 0 aliphatic rings. The van der Waals surface area contributed by atoms with Crippen LogP contribution in [0.1, 0.15) is 25.8 Å². The summed E-state index contributed by atoms with van der Waals surface area (Å²) in [5, 5.41) is 0. The highest BCUT2D eigenvalue weighted by Gasteiger charge is 2.21. The van der Waals surface area contributed by atoms with Gasteiger partial charge in [0, 0.05) is 39.9 Å². The molecule has 0 aromatic heterocycles. The summed E-state index contributed by atoms with van der Waals surface area (Å²) in [7, 11) is 5.88. The molecule has 0 aliphatic carbocycles. The van der Waals surface area contributed by atoms with Gasteiger partial charge in [-0.15, -0.1) is 0 Å². The Morgan fingerprint density at radius 3 is 2.14 bits per heavy atom. The van der Waals surface area contributed by atoms with E-state index >= 15 is 0 Å². The molecule has 4 nitrogen and oxygen atoms in total. The lowest BCUT2D eigenvalue weighted by Crippen LogP contribution is -2.37. The standard InChI is InChI=1S/C17H29N3O/c1-13(2)10-15(11-18)17(21)20(5)12-14-6-8-16(9-7-14)19(3)4/h6-9,13,15H,10-12,18H2,1-5H3. The summed E-state index contributed by atoms with van der Waals surface area (Å²) in [5.41, 5.74) is 8.05. The first kappa shape index (κ1) is 17.5. The smallest absolute Gasteiger partial charge is 0.227 e. The van der Waals surface area contributed by atoms with Crippen LogP contribution >= 0.6 is 0 Å². The van der Waals surface area contributed by atoms with E-state index in [1.165, 1.54) is 0 Å². The Labute approximate surface area is 128 Å². The van der Waals surface area contributed by atoms with E-state index in [-0.39, 0.29) is 11.8 Å². The Balaban J connectivity index is 2.66. The highest BCUT2D eigenvalue weighted by molar-refractivity contribution is 5.78. The van der Waals surface area contributed by atoms with E-state index in [9.17, 15) is 4.79 Å². The third kappa shape index (κ3) is 5.38. The van der Waals surface area contributed by atoms with E-state index in [1.807, 2.05) is 21.1 Å². The molecular weight excluding hydrogens is 262 g/mol. The molecule has 1 aromatic rings. The average molecular weight is 291 g/mol. The fraction of sp³-hybridized carbons (Fsp3) is 0.588. The van der Waals surface area contributed by atoms with Crippen LogP contribution in [0.3, 0.4) is 0 Å². The molecule has 0 radical (unpaired) electrons. The molecule has 0 heterocycles. The van der Waals surface area contributed by atoms with Gasteiger partial charge in [0.1, 0.15) is 0 Å². The van der Waals surface area contributed by atoms with Gasteiger partial charge >= 0.3 is 0 Å². The monoisotopic (exact) mass is 291 g/mol. The SMILES string of the molecule is CC(C)CC(CN)C(=O)N(C)Cc1ccc(N(C)C)cc1. The number of nitrogens with zero attached hydrogens (tertiary/aromatic N) is 2. The van der Waals surface area contributed by atoms with Crippen molar-refractivity contribution in [2.45, 2.75) is 26.8 Å². The highest BCUT2D eigenvalue weighted by atomic mass is 16.2. The molecule has 1 atom stereocenters. The number of rotatable bonds is 7. The number of benzene rings is 1. The Morgan fingerprint density at radius 1 is 1.14 bits per heavy atom. The molecule has 0 fully saturated rings. The normalized spacial score (nSPS) is 12.3. The Bertz CT molecular complexity index is 440. The van der Waals surface area contributed by atoms with E-state index in [2.05, 4.69) is 43.0 Å². The molecule has 118 valence electrons. The molecule has 0 bridgehead atoms. The summed E-state index contributed by atoms with van der Waals surface area (Å²) in [6, 6.07) is 8.28. The van der Waals surface area contributed by atoms with Gasteiger partial charge in [0.05, 0.1) is 5.92 Å². The van der Waals surface area contributed by atoms with Crippen LogP contribution < -0.4 is 10.6 Å². The van der Waals surface area contributed by atoms with E-state index in [0.29, 0.717) is 19.0 Å². The lowest BCUT2D eigenvalue weighted by Gasteiger charge is -2.24. The summed E-state index contributed by atoms with van der Waals surface area (Å²) in [5.74, 6) is 0.550. The van der Waals surface area contributed by atoms with Crippen molar-refractivity contribution < 1.29 is 4.79 Å². The largest absolute Gasteiger partial charge is 0.378 e. The lowest BCUT2D eigenvalue weighted by molar-refractivity contribution is -0.134. The van der Waals surface area contributed by atoms with Crippen LogP contribution in [0, 0.1) is 11.8 Å². The summed E-state index contributed by atoms with van der Waals surface area (Å²) in [6.07, 6.45) is 0.846. The van der Waals surface area contributed by atoms with E-state index < -0.39 is 0 Å². The fourth-order valence-corrected chi connectivity index (χ4v) is 2.43. The summed E-state index contributed by atoms with van der Waals surface area (Å²) >= 11 is 0. The van der Waals surface area contributed by atoms with E-state index in [4.69, 9.17) is 5.73 Å². The second-order valence-corrected chi connectivity index (χ2v) is 6.32. The molecular formula is C17H29N3O. The number of anilines is 1. The molecule has 0 saturated heterocycles. The molecule has 0 spiro atoms. The summed E-state index contributed by atoms with van der Waals surface area (Å²) in [6.45, 7) is 5.29. The van der Waals surface area contributed by atoms with Gasteiger partial charge < -0.3 is 15.5 Å². The van der Waals surface area contributed by atoms with Crippen molar-refractivity contribution in [3.63, 3.8) is 0 Å². The first-order valence-corrected chi connectivity index (χ1v) is 7.56. The summed E-state index contributed by atoms with van der Waals surface area (Å²) < 4.78 is 0. The van der Waals surface area contributed by atoms with Crippen LogP contribution in [0.5, 0.6) is 0 Å². The minimum atomic E-state index is -0.0731. The van der Waals surface area contributed by atoms with Crippen molar-refractivity contribution in [3.8, 4) is 0 Å². The van der Waals surface area contributed by atoms with Gasteiger partial charge in [0.2, 0.25) is 5.91 Å². The molecule has 0 saturated carbocycles. The molecule has 0 aliphatic heterocycles. The second kappa shape index (κ2) is 8.03. The van der Waals surface area contributed by atoms with Gasteiger partial charge in [0.15, 0.2) is 0 Å². The van der Waals surface area contributed by atoms with Crippen molar-refractivity contribution >= 4 is 11.6 Å². The van der Waals surface area contributed by atoms with Crippen LogP contribution in [-0.4, -0.2) is 38.5 Å². The third-order valence-corrected chi connectivity index (χ3v) is 3.64. The number of hydrogen-bond donors (Lipinski definition) is 1. The van der Waals surface area contributed by atoms with Crippen molar-refractivity contribution in [2.24, 2.45) is 17.6 Å². The molecule has 1 amide bonds. The van der Waals surface area contributed by atoms with Crippen LogP contribution in [0.2, 0.25) is 0 Å². The highest BCUT2D eigenvalue weighted by Crippen LogP contribution is 2.16. The number of nitrogens with two attached hydrogens (primary N) is 1. The zero-order valence-electron chi connectivity index (χ0n) is 14.0. The molecule has 1 rings (SSSR count). The van der Waals surface area contributed by atoms with Crippen molar-refractivity contribution in [1.82, 2.24) is 4.90 Å². The second-order valence-electron chi connectivity index (χ2n) is 6.32. The van der Waals surface area contributed by atoms with Crippen molar-refractivity contribution in [2.75, 3.05) is 32.6 Å². The zero-order valence-corrected chi connectivity index (χ0v) is 14.0. The first-order valence-electron chi connectivity index (χ1n) is 7.56. The lowest BCUT2D eigenvalue weighted by atomic mass is 9.96. The zero-order chi connectivity index (χ0) is 16.0. The van der Waals surface area contributed by atoms with Crippen molar-refractivity contribution in [3.05, 3.63) is 29.8 Å². The summed E-state index contributed by atoms with van der Waals surface area (Å²) in [4.78, 5) is 16.3. The molecule has 2 N–H and O–H groups in total. The van der Waals surface area contributed by atoms with Crippen LogP contribution in [0.4, 0.5) is 5.69 Å². The maximum absolute atomic E-state index is 12.4. The molecule has 1 unspecified atom stereocenters. The third-order valence-electron chi connectivity index (χ3n) is 3.64. The predicted octanol–water partition coefficient (Wildman–Crippen LogP) is 2.33. The van der Waals surface area contributed by atoms with Crippen LogP contribution in [0.25, 0.3) is 0 Å². The van der Waals surface area contributed by atoms with Gasteiger partial charge in [-0.2, -0.15) is 0 Å². The molecule has 1 aromatic carbocycles. The maximum atomic E-state index is 12.4. The molecule has 21 heavy (non-hydrogen) atoms. The predicted molar refractivity (Wildman–Crippen MR) is 89.2 cm³/mol. The average Bonchev–Trinajstić information content (AvgIpc) is 2.44. The Kier molecular flexibility index (Phi) is 6.69. The van der Waals surface area contributed by atoms with Gasteiger partial charge in [0.25, 0.3) is 0 Å². The van der Waals surface area contributed by atoms with Crippen LogP contribution in [0.15, 0.2) is 24.3 Å². The van der Waals surface area contributed by atoms with E-state index in [0.717, 1.165) is 17.7 Å². The van der Waals surface area contributed by atoms with Gasteiger partial charge in [-0.3, -0.25) is 4.79 Å².